The number of benzene rings is 1. The molecular formula is C23H25FN6O3. The Balaban J connectivity index is 1.60. The summed E-state index contributed by atoms with van der Waals surface area (Å²) < 4.78 is 20.6. The number of morpholine rings is 1. The summed E-state index contributed by atoms with van der Waals surface area (Å²) in [7, 11) is 0. The van der Waals surface area contributed by atoms with Crippen LogP contribution in [0.3, 0.4) is 0 Å². The highest BCUT2D eigenvalue weighted by Gasteiger charge is 2.19. The van der Waals surface area contributed by atoms with Gasteiger partial charge in [0.2, 0.25) is 0 Å². The Morgan fingerprint density at radius 3 is 2.58 bits per heavy atom. The lowest BCUT2D eigenvalue weighted by molar-refractivity contribution is 0.0303. The van der Waals surface area contributed by atoms with E-state index in [4.69, 9.17) is 10.5 Å². The number of amides is 1. The van der Waals surface area contributed by atoms with Gasteiger partial charge in [0.25, 0.3) is 5.91 Å². The van der Waals surface area contributed by atoms with E-state index in [-0.39, 0.29) is 24.6 Å². The summed E-state index contributed by atoms with van der Waals surface area (Å²) in [6, 6.07) is 10.9. The standard InChI is InChI=1S/C23H25FN6O3/c1-16-2-7-20(18-3-5-19(6-4-18)22(31)28-8-10-33-11-9-28)27-21(16)29-15-26-30(23(29)32)14-17(12-24)13-25/h2-7,12,15H,8-11,13-14,25H2,1H3/b17-12+. The summed E-state index contributed by atoms with van der Waals surface area (Å²) in [4.78, 5) is 31.9. The normalized spacial score (nSPS) is 14.5. The van der Waals surface area contributed by atoms with Gasteiger partial charge in [0.15, 0.2) is 0 Å². The third-order valence-corrected chi connectivity index (χ3v) is 5.53. The Hall–Kier alpha value is -3.63. The van der Waals surface area contributed by atoms with Gasteiger partial charge in [0.1, 0.15) is 12.1 Å². The predicted molar refractivity (Wildman–Crippen MR) is 121 cm³/mol. The Labute approximate surface area is 189 Å². The van der Waals surface area contributed by atoms with Crippen LogP contribution in [0.4, 0.5) is 4.39 Å². The second kappa shape index (κ2) is 9.88. The van der Waals surface area contributed by atoms with E-state index in [9.17, 15) is 14.0 Å². The first-order chi connectivity index (χ1) is 16.0. The van der Waals surface area contributed by atoms with E-state index in [1.165, 1.54) is 10.9 Å². The molecule has 1 aliphatic rings. The molecular weight excluding hydrogens is 427 g/mol. The van der Waals surface area contributed by atoms with Crippen molar-refractivity contribution < 1.29 is 13.9 Å². The fourth-order valence-corrected chi connectivity index (χ4v) is 3.58. The molecule has 1 aromatic carbocycles. The van der Waals surface area contributed by atoms with Crippen LogP contribution in [0.25, 0.3) is 17.1 Å². The summed E-state index contributed by atoms with van der Waals surface area (Å²) in [5.41, 5.74) is 8.12. The number of nitrogens with two attached hydrogens (primary N) is 1. The maximum absolute atomic E-state index is 12.9. The number of hydrogen-bond donors (Lipinski definition) is 1. The molecule has 2 N–H and O–H groups in total. The fraction of sp³-hybridized carbons (Fsp3) is 0.304. The third kappa shape index (κ3) is 4.76. The molecule has 1 amide bonds. The number of hydrogen-bond acceptors (Lipinski definition) is 6. The highest BCUT2D eigenvalue weighted by molar-refractivity contribution is 5.94. The maximum Gasteiger partial charge on any atom is 0.351 e. The van der Waals surface area contributed by atoms with Crippen LogP contribution in [0.2, 0.25) is 0 Å². The lowest BCUT2D eigenvalue weighted by Crippen LogP contribution is -2.40. The van der Waals surface area contributed by atoms with Crippen molar-refractivity contribution in [3.63, 3.8) is 0 Å². The lowest BCUT2D eigenvalue weighted by atomic mass is 10.1. The summed E-state index contributed by atoms with van der Waals surface area (Å²) in [6.45, 7) is 4.07. The largest absolute Gasteiger partial charge is 0.378 e. The quantitative estimate of drug-likeness (QED) is 0.610. The van der Waals surface area contributed by atoms with Crippen molar-refractivity contribution in [3.05, 3.63) is 76.2 Å². The van der Waals surface area contributed by atoms with Gasteiger partial charge < -0.3 is 15.4 Å². The number of rotatable bonds is 6. The molecule has 9 nitrogen and oxygen atoms in total. The predicted octanol–water partition coefficient (Wildman–Crippen LogP) is 1.69. The van der Waals surface area contributed by atoms with Crippen LogP contribution in [0.1, 0.15) is 15.9 Å². The number of ether oxygens (including phenoxy) is 1. The van der Waals surface area contributed by atoms with E-state index in [1.807, 2.05) is 31.2 Å². The SMILES string of the molecule is Cc1ccc(-c2ccc(C(=O)N3CCOCC3)cc2)nc1-n1cnn(C/C(=C/F)CN)c1=O. The monoisotopic (exact) mass is 452 g/mol. The van der Waals surface area contributed by atoms with Crippen molar-refractivity contribution in [1.29, 1.82) is 0 Å². The molecule has 0 atom stereocenters. The smallest absolute Gasteiger partial charge is 0.351 e. The number of nitrogens with zero attached hydrogens (tertiary/aromatic N) is 5. The second-order valence-corrected chi connectivity index (χ2v) is 7.73. The first kappa shape index (κ1) is 22.6. The van der Waals surface area contributed by atoms with Gasteiger partial charge in [-0.15, -0.1) is 0 Å². The van der Waals surface area contributed by atoms with Crippen LogP contribution >= 0.6 is 0 Å². The molecule has 0 aliphatic carbocycles. The number of carbonyl (C=O) groups excluding carboxylic acids is 1. The Morgan fingerprint density at radius 2 is 1.91 bits per heavy atom. The van der Waals surface area contributed by atoms with Crippen molar-refractivity contribution in [2.45, 2.75) is 13.5 Å². The Bertz CT molecular complexity index is 1230. The van der Waals surface area contributed by atoms with Crippen LogP contribution in [-0.4, -0.2) is 63.0 Å². The molecule has 3 heterocycles. The van der Waals surface area contributed by atoms with Gasteiger partial charge in [-0.1, -0.05) is 18.2 Å². The Morgan fingerprint density at radius 1 is 1.18 bits per heavy atom. The van der Waals surface area contributed by atoms with Crippen LogP contribution in [0.5, 0.6) is 0 Å². The van der Waals surface area contributed by atoms with Gasteiger partial charge in [0, 0.05) is 30.8 Å². The highest BCUT2D eigenvalue weighted by Crippen LogP contribution is 2.21. The van der Waals surface area contributed by atoms with Gasteiger partial charge in [-0.25, -0.2) is 23.4 Å². The summed E-state index contributed by atoms with van der Waals surface area (Å²) in [5, 5.41) is 4.06. The lowest BCUT2D eigenvalue weighted by Gasteiger charge is -2.26. The molecule has 172 valence electrons. The van der Waals surface area contributed by atoms with Crippen molar-refractivity contribution in [3.8, 4) is 17.1 Å². The number of halogens is 1. The van der Waals surface area contributed by atoms with Crippen molar-refractivity contribution >= 4 is 5.91 Å². The second-order valence-electron chi connectivity index (χ2n) is 7.73. The summed E-state index contributed by atoms with van der Waals surface area (Å²) in [5.74, 6) is 0.399. The van der Waals surface area contributed by atoms with Gasteiger partial charge in [0.05, 0.1) is 31.8 Å². The van der Waals surface area contributed by atoms with Gasteiger partial charge >= 0.3 is 5.69 Å². The van der Waals surface area contributed by atoms with Crippen molar-refractivity contribution in [2.24, 2.45) is 5.73 Å². The minimum absolute atomic E-state index is 0.00734. The highest BCUT2D eigenvalue weighted by atomic mass is 19.1. The molecule has 0 radical (unpaired) electrons. The molecule has 1 fully saturated rings. The third-order valence-electron chi connectivity index (χ3n) is 5.53. The molecule has 3 aromatic rings. The van der Waals surface area contributed by atoms with E-state index < -0.39 is 5.69 Å². The molecule has 0 bridgehead atoms. The van der Waals surface area contributed by atoms with Gasteiger partial charge in [-0.2, -0.15) is 5.10 Å². The number of pyridine rings is 1. The Kier molecular flexibility index (Phi) is 6.76. The number of aryl methyl sites for hydroxylation is 1. The maximum atomic E-state index is 12.9. The molecule has 2 aromatic heterocycles. The van der Waals surface area contributed by atoms with Crippen molar-refractivity contribution in [1.82, 2.24) is 24.2 Å². The zero-order valence-electron chi connectivity index (χ0n) is 18.3. The molecule has 0 saturated carbocycles. The van der Waals surface area contributed by atoms with Gasteiger partial charge in [-0.3, -0.25) is 4.79 Å². The minimum atomic E-state index is -0.443. The van der Waals surface area contributed by atoms with Crippen LogP contribution in [0.15, 0.2) is 59.4 Å². The number of carbonyl (C=O) groups is 1. The fourth-order valence-electron chi connectivity index (χ4n) is 3.58. The van der Waals surface area contributed by atoms with E-state index in [0.717, 1.165) is 15.8 Å². The van der Waals surface area contributed by atoms with E-state index in [0.29, 0.717) is 49.7 Å². The molecule has 1 saturated heterocycles. The molecule has 4 rings (SSSR count). The molecule has 1 aliphatic heterocycles. The number of aromatic nitrogens is 4. The molecule has 33 heavy (non-hydrogen) atoms. The average molecular weight is 452 g/mol. The van der Waals surface area contributed by atoms with Crippen LogP contribution in [0, 0.1) is 6.92 Å². The van der Waals surface area contributed by atoms with Crippen LogP contribution in [-0.2, 0) is 11.3 Å². The molecule has 0 spiro atoms. The molecule has 10 heteroatoms. The van der Waals surface area contributed by atoms with E-state index in [2.05, 4.69) is 10.1 Å². The summed E-state index contributed by atoms with van der Waals surface area (Å²) >= 11 is 0. The zero-order valence-corrected chi connectivity index (χ0v) is 18.3. The zero-order chi connectivity index (χ0) is 23.4. The van der Waals surface area contributed by atoms with Gasteiger partial charge in [-0.05, 0) is 36.3 Å². The van der Waals surface area contributed by atoms with Crippen molar-refractivity contribution in [2.75, 3.05) is 32.8 Å². The molecule has 0 unspecified atom stereocenters. The van der Waals surface area contributed by atoms with Crippen LogP contribution < -0.4 is 11.4 Å². The first-order valence-electron chi connectivity index (χ1n) is 10.6. The summed E-state index contributed by atoms with van der Waals surface area (Å²) in [6.07, 6.45) is 1.75. The van der Waals surface area contributed by atoms with E-state index in [1.54, 1.807) is 17.0 Å². The first-order valence-corrected chi connectivity index (χ1v) is 10.6. The minimum Gasteiger partial charge on any atom is -0.378 e. The average Bonchev–Trinajstić information content (AvgIpc) is 3.22. The topological polar surface area (TPSA) is 108 Å². The van der Waals surface area contributed by atoms with E-state index >= 15 is 0 Å².